The number of hydrogen-bond acceptors (Lipinski definition) is 4. The van der Waals surface area contributed by atoms with Crippen LogP contribution in [0.4, 0.5) is 0 Å². The van der Waals surface area contributed by atoms with Crippen LogP contribution in [0.3, 0.4) is 0 Å². The van der Waals surface area contributed by atoms with Gasteiger partial charge in [0.25, 0.3) is 0 Å². The molecule has 4 aromatic rings. The predicted octanol–water partition coefficient (Wildman–Crippen LogP) is 4.14. The summed E-state index contributed by atoms with van der Waals surface area (Å²) in [6.07, 6.45) is 5.23. The van der Waals surface area contributed by atoms with E-state index in [0.29, 0.717) is 11.0 Å². The van der Waals surface area contributed by atoms with Crippen LogP contribution < -0.4 is 4.74 Å². The van der Waals surface area contributed by atoms with E-state index in [1.54, 1.807) is 13.3 Å². The molecule has 3 heterocycles. The zero-order valence-corrected chi connectivity index (χ0v) is 13.6. The summed E-state index contributed by atoms with van der Waals surface area (Å²) in [5, 5.41) is 1.22. The molecule has 0 radical (unpaired) electrons. The molecule has 0 fully saturated rings. The minimum Gasteiger partial charge on any atom is -0.481 e. The van der Waals surface area contributed by atoms with E-state index in [-0.39, 0.29) is 0 Å². The fourth-order valence-electron chi connectivity index (χ4n) is 2.69. The smallest absolute Gasteiger partial charge is 0.212 e. The van der Waals surface area contributed by atoms with Crippen LogP contribution in [0.2, 0.25) is 5.15 Å². The highest BCUT2D eigenvalue weighted by atomic mass is 35.5. The molecule has 0 spiro atoms. The summed E-state index contributed by atoms with van der Waals surface area (Å²) in [4.78, 5) is 12.8. The number of pyridine rings is 1. The lowest BCUT2D eigenvalue weighted by Gasteiger charge is -2.03. The number of fused-ring (bicyclic) bond motifs is 1. The van der Waals surface area contributed by atoms with Gasteiger partial charge in [-0.2, -0.15) is 0 Å². The third-order valence-electron chi connectivity index (χ3n) is 3.83. The van der Waals surface area contributed by atoms with Crippen molar-refractivity contribution in [1.82, 2.24) is 19.5 Å². The molecule has 24 heavy (non-hydrogen) atoms. The lowest BCUT2D eigenvalue weighted by Crippen LogP contribution is -1.93. The average molecular weight is 337 g/mol. The molecule has 0 N–H and O–H groups in total. The molecule has 0 saturated carbocycles. The van der Waals surface area contributed by atoms with Gasteiger partial charge in [0.1, 0.15) is 17.1 Å². The molecular formula is C18H13ClN4O. The van der Waals surface area contributed by atoms with Crippen molar-refractivity contribution in [1.29, 1.82) is 0 Å². The minimum atomic E-state index is 0.417. The second-order valence-corrected chi connectivity index (χ2v) is 5.56. The van der Waals surface area contributed by atoms with E-state index < -0.39 is 0 Å². The molecule has 0 saturated heterocycles. The van der Waals surface area contributed by atoms with Gasteiger partial charge in [-0.15, -0.1) is 0 Å². The van der Waals surface area contributed by atoms with Crippen LogP contribution in [-0.4, -0.2) is 26.6 Å². The zero-order valence-electron chi connectivity index (χ0n) is 12.8. The molecular weight excluding hydrogens is 324 g/mol. The Hall–Kier alpha value is -2.92. The first-order valence-corrected chi connectivity index (χ1v) is 7.73. The Morgan fingerprint density at radius 3 is 2.54 bits per heavy atom. The minimum absolute atomic E-state index is 0.417. The molecule has 3 aromatic heterocycles. The Kier molecular flexibility index (Phi) is 3.63. The number of methoxy groups -OCH3 is 1. The van der Waals surface area contributed by atoms with Crippen molar-refractivity contribution in [2.45, 2.75) is 0 Å². The molecule has 5 nitrogen and oxygen atoms in total. The Labute approximate surface area is 143 Å². The summed E-state index contributed by atoms with van der Waals surface area (Å²) in [6.45, 7) is 0. The first-order valence-electron chi connectivity index (χ1n) is 7.35. The van der Waals surface area contributed by atoms with Crippen LogP contribution in [0.1, 0.15) is 0 Å². The maximum Gasteiger partial charge on any atom is 0.212 e. The highest BCUT2D eigenvalue weighted by molar-refractivity contribution is 6.35. The predicted molar refractivity (Wildman–Crippen MR) is 93.7 cm³/mol. The SMILES string of the molecule is COc1ccc(-c2cn(-c3ccccc3)c3ncnc(Cl)c23)cn1. The van der Waals surface area contributed by atoms with Crippen LogP contribution >= 0.6 is 11.6 Å². The van der Waals surface area contributed by atoms with Crippen molar-refractivity contribution >= 4 is 22.6 Å². The monoisotopic (exact) mass is 336 g/mol. The van der Waals surface area contributed by atoms with Gasteiger partial charge < -0.3 is 9.30 Å². The maximum atomic E-state index is 6.36. The van der Waals surface area contributed by atoms with Gasteiger partial charge in [0, 0.05) is 35.3 Å². The van der Waals surface area contributed by atoms with Gasteiger partial charge in [-0.1, -0.05) is 29.8 Å². The molecule has 0 aliphatic carbocycles. The number of nitrogens with zero attached hydrogens (tertiary/aromatic N) is 4. The van der Waals surface area contributed by atoms with Gasteiger partial charge in [-0.25, -0.2) is 15.0 Å². The van der Waals surface area contributed by atoms with Gasteiger partial charge in [0.2, 0.25) is 5.88 Å². The molecule has 0 amide bonds. The average Bonchev–Trinajstić information content (AvgIpc) is 3.04. The lowest BCUT2D eigenvalue weighted by molar-refractivity contribution is 0.398. The van der Waals surface area contributed by atoms with Gasteiger partial charge in [0.05, 0.1) is 12.5 Å². The van der Waals surface area contributed by atoms with Crippen LogP contribution in [-0.2, 0) is 0 Å². The van der Waals surface area contributed by atoms with Crippen molar-refractivity contribution in [2.75, 3.05) is 7.11 Å². The van der Waals surface area contributed by atoms with Crippen molar-refractivity contribution < 1.29 is 4.74 Å². The Morgan fingerprint density at radius 1 is 1.00 bits per heavy atom. The van der Waals surface area contributed by atoms with Gasteiger partial charge in [0.15, 0.2) is 0 Å². The van der Waals surface area contributed by atoms with Gasteiger partial charge in [-0.3, -0.25) is 0 Å². The summed E-state index contributed by atoms with van der Waals surface area (Å²) in [5.74, 6) is 0.563. The highest BCUT2D eigenvalue weighted by Gasteiger charge is 2.16. The lowest BCUT2D eigenvalue weighted by atomic mass is 10.1. The quantitative estimate of drug-likeness (QED) is 0.527. The molecule has 0 aliphatic rings. The number of para-hydroxylation sites is 1. The summed E-state index contributed by atoms with van der Waals surface area (Å²) in [7, 11) is 1.59. The summed E-state index contributed by atoms with van der Waals surface area (Å²) < 4.78 is 7.13. The van der Waals surface area contributed by atoms with Gasteiger partial charge >= 0.3 is 0 Å². The van der Waals surface area contributed by atoms with Crippen molar-refractivity contribution in [3.05, 3.63) is 66.3 Å². The fraction of sp³-hybridized carbons (Fsp3) is 0.0556. The van der Waals surface area contributed by atoms with Crippen molar-refractivity contribution in [3.63, 3.8) is 0 Å². The Morgan fingerprint density at radius 2 is 1.83 bits per heavy atom. The van der Waals surface area contributed by atoms with Gasteiger partial charge in [-0.05, 0) is 18.2 Å². The molecule has 0 unspecified atom stereocenters. The number of rotatable bonds is 3. The van der Waals surface area contributed by atoms with Crippen LogP contribution in [0.5, 0.6) is 5.88 Å². The number of benzene rings is 1. The van der Waals surface area contributed by atoms with Crippen molar-refractivity contribution in [2.24, 2.45) is 0 Å². The molecule has 0 atom stereocenters. The fourth-order valence-corrected chi connectivity index (χ4v) is 2.92. The first kappa shape index (κ1) is 14.7. The normalized spacial score (nSPS) is 10.9. The molecule has 118 valence electrons. The third kappa shape index (κ3) is 2.39. The van der Waals surface area contributed by atoms with Crippen LogP contribution in [0.15, 0.2) is 61.2 Å². The summed E-state index contributed by atoms with van der Waals surface area (Å²) in [5.41, 5.74) is 3.61. The van der Waals surface area contributed by atoms with Crippen LogP contribution in [0, 0.1) is 0 Å². The topological polar surface area (TPSA) is 52.8 Å². The number of ether oxygens (including phenoxy) is 1. The van der Waals surface area contributed by atoms with E-state index in [0.717, 1.165) is 27.8 Å². The summed E-state index contributed by atoms with van der Waals surface area (Å²) >= 11 is 6.36. The van der Waals surface area contributed by atoms with E-state index in [4.69, 9.17) is 16.3 Å². The number of halogens is 1. The molecule has 6 heteroatoms. The number of aromatic nitrogens is 4. The Balaban J connectivity index is 1.98. The largest absolute Gasteiger partial charge is 0.481 e. The third-order valence-corrected chi connectivity index (χ3v) is 4.11. The molecule has 1 aromatic carbocycles. The zero-order chi connectivity index (χ0) is 16.5. The second-order valence-electron chi connectivity index (χ2n) is 5.20. The Bertz CT molecular complexity index is 997. The first-order chi connectivity index (χ1) is 11.8. The van der Waals surface area contributed by atoms with E-state index in [2.05, 4.69) is 15.0 Å². The second kappa shape index (κ2) is 5.94. The van der Waals surface area contributed by atoms with E-state index in [1.807, 2.05) is 53.2 Å². The maximum absolute atomic E-state index is 6.36. The van der Waals surface area contributed by atoms with Crippen LogP contribution in [0.25, 0.3) is 27.8 Å². The summed E-state index contributed by atoms with van der Waals surface area (Å²) in [6, 6.07) is 13.7. The molecule has 0 bridgehead atoms. The number of hydrogen-bond donors (Lipinski definition) is 0. The highest BCUT2D eigenvalue weighted by Crippen LogP contribution is 2.35. The van der Waals surface area contributed by atoms with E-state index in [9.17, 15) is 0 Å². The molecule has 0 aliphatic heterocycles. The van der Waals surface area contributed by atoms with Crippen molar-refractivity contribution in [3.8, 4) is 22.7 Å². The van der Waals surface area contributed by atoms with E-state index >= 15 is 0 Å². The molecule has 4 rings (SSSR count). The van der Waals surface area contributed by atoms with E-state index in [1.165, 1.54) is 6.33 Å². The standard InChI is InChI=1S/C18H13ClN4O/c1-24-15-8-7-12(9-20-15)14-10-23(13-5-3-2-4-6-13)18-16(14)17(19)21-11-22-18/h2-11H,1H3.